The Balaban J connectivity index is 2.66. The Morgan fingerprint density at radius 2 is 2.22 bits per heavy atom. The van der Waals surface area contributed by atoms with Crippen LogP contribution in [0.15, 0.2) is 4.58 Å². The van der Waals surface area contributed by atoms with Crippen molar-refractivity contribution in [1.82, 2.24) is 10.2 Å². The molecule has 1 unspecified atom stereocenters. The lowest BCUT2D eigenvalue weighted by Crippen LogP contribution is -2.50. The molecule has 1 fully saturated rings. The van der Waals surface area contributed by atoms with E-state index in [1.54, 1.807) is 0 Å². The summed E-state index contributed by atoms with van der Waals surface area (Å²) in [5.41, 5.74) is 5.19. The van der Waals surface area contributed by atoms with Crippen LogP contribution in [0.2, 0.25) is 0 Å². The van der Waals surface area contributed by atoms with Crippen molar-refractivity contribution in [3.05, 3.63) is 4.91 Å². The fourth-order valence-corrected chi connectivity index (χ4v) is 3.21. The summed E-state index contributed by atoms with van der Waals surface area (Å²) in [6.45, 7) is 0.873. The molecule has 0 spiro atoms. The van der Waals surface area contributed by atoms with Crippen LogP contribution >= 0.6 is 11.9 Å². The molecule has 0 saturated carbocycles. The molecule has 2 atom stereocenters. The molecule has 1 rings (SSSR count). The van der Waals surface area contributed by atoms with Gasteiger partial charge in [-0.15, -0.1) is 4.91 Å². The summed E-state index contributed by atoms with van der Waals surface area (Å²) in [4.78, 5) is 35.7. The first-order valence-electron chi connectivity index (χ1n) is 7.53. The zero-order valence-corrected chi connectivity index (χ0v) is 13.7. The molecule has 5 N–H and O–H groups in total. The molecule has 0 bridgehead atoms. The van der Waals surface area contributed by atoms with Crippen molar-refractivity contribution in [3.8, 4) is 0 Å². The van der Waals surface area contributed by atoms with Crippen LogP contribution in [0, 0.1) is 16.2 Å². The number of nitrogens with two attached hydrogens (primary N) is 1. The molecular formula is C13H23N5O4S. The molecule has 0 radical (unpaired) electrons. The number of rotatable bonds is 9. The van der Waals surface area contributed by atoms with Gasteiger partial charge in [0.05, 0.1) is 0 Å². The van der Waals surface area contributed by atoms with Crippen LogP contribution in [0.4, 0.5) is 0 Å². The van der Waals surface area contributed by atoms with Gasteiger partial charge < -0.3 is 21.1 Å². The van der Waals surface area contributed by atoms with Crippen LogP contribution < -0.4 is 11.1 Å². The third-order valence-corrected chi connectivity index (χ3v) is 4.45. The largest absolute Gasteiger partial charge is 0.480 e. The zero-order valence-electron chi connectivity index (χ0n) is 12.9. The van der Waals surface area contributed by atoms with Crippen molar-refractivity contribution >= 4 is 29.8 Å². The van der Waals surface area contributed by atoms with E-state index in [2.05, 4.69) is 9.90 Å². The predicted octanol–water partition coefficient (Wildman–Crippen LogP) is 0.746. The highest BCUT2D eigenvalue weighted by molar-refractivity contribution is 7.97. The molecule has 10 heteroatoms. The Hall–Kier alpha value is -1.84. The summed E-state index contributed by atoms with van der Waals surface area (Å²) in [6.07, 6.45) is 3.09. The van der Waals surface area contributed by atoms with E-state index in [0.29, 0.717) is 32.4 Å². The lowest BCUT2D eigenvalue weighted by molar-refractivity contribution is -0.153. The Bertz CT molecular complexity index is 448. The van der Waals surface area contributed by atoms with Crippen LogP contribution in [0.1, 0.15) is 32.1 Å². The van der Waals surface area contributed by atoms with Gasteiger partial charge in [-0.25, -0.2) is 4.79 Å². The number of hydrogen-bond acceptors (Lipinski definition) is 6. The minimum atomic E-state index is -0.990. The molecule has 9 nitrogen and oxygen atoms in total. The Kier molecular flexibility index (Phi) is 8.38. The standard InChI is InChI=1S/C13H23N5O4S/c14-13(15)16-6-3-4-9(8-23-17-22)11(19)18-7-2-1-5-10(18)12(20)21/h9-10H,1-8H2,(H,20,21)(H4,14,15,16)/t9-,10?/m1/s1. The van der Waals surface area contributed by atoms with Crippen molar-refractivity contribution in [2.24, 2.45) is 16.2 Å². The molecule has 0 aromatic carbocycles. The topological polar surface area (TPSA) is 149 Å². The van der Waals surface area contributed by atoms with Gasteiger partial charge >= 0.3 is 5.97 Å². The van der Waals surface area contributed by atoms with Crippen molar-refractivity contribution in [3.63, 3.8) is 0 Å². The SMILES string of the molecule is N=C(N)NCCC[C@H](CSN=O)C(=O)N1CCCCC1C(=O)O. The molecule has 0 aliphatic carbocycles. The Morgan fingerprint density at radius 3 is 2.83 bits per heavy atom. The van der Waals surface area contributed by atoms with Gasteiger partial charge in [0.15, 0.2) is 5.96 Å². The Labute approximate surface area is 139 Å². The second kappa shape index (κ2) is 10.0. The van der Waals surface area contributed by atoms with E-state index < -0.39 is 17.9 Å². The first-order valence-corrected chi connectivity index (χ1v) is 8.47. The van der Waals surface area contributed by atoms with Crippen molar-refractivity contribution < 1.29 is 14.7 Å². The summed E-state index contributed by atoms with van der Waals surface area (Å²) in [6, 6.07) is -0.789. The molecule has 0 aromatic heterocycles. The number of carbonyl (C=O) groups is 2. The maximum absolute atomic E-state index is 12.7. The smallest absolute Gasteiger partial charge is 0.326 e. The van der Waals surface area contributed by atoms with Crippen LogP contribution in [0.5, 0.6) is 0 Å². The van der Waals surface area contributed by atoms with E-state index in [4.69, 9.17) is 11.1 Å². The van der Waals surface area contributed by atoms with E-state index in [-0.39, 0.29) is 17.6 Å². The first kappa shape index (κ1) is 19.2. The fraction of sp³-hybridized carbons (Fsp3) is 0.769. The predicted molar refractivity (Wildman–Crippen MR) is 87.9 cm³/mol. The number of likely N-dealkylation sites (tertiary alicyclic amines) is 1. The van der Waals surface area contributed by atoms with Crippen molar-refractivity contribution in [1.29, 1.82) is 5.41 Å². The molecule has 1 aliphatic heterocycles. The number of nitroso groups, excluding NO2 is 1. The molecule has 1 aliphatic rings. The summed E-state index contributed by atoms with van der Waals surface area (Å²) >= 11 is 0.770. The number of nitrogens with one attached hydrogen (secondary N) is 2. The van der Waals surface area contributed by atoms with Gasteiger partial charge in [-0.3, -0.25) is 10.2 Å². The minimum Gasteiger partial charge on any atom is -0.480 e. The second-order valence-electron chi connectivity index (χ2n) is 5.43. The van der Waals surface area contributed by atoms with Gasteiger partial charge in [0, 0.05) is 41.3 Å². The average Bonchev–Trinajstić information content (AvgIpc) is 2.53. The van der Waals surface area contributed by atoms with Gasteiger partial charge in [0.2, 0.25) is 5.91 Å². The molecule has 1 saturated heterocycles. The number of hydrogen-bond donors (Lipinski definition) is 4. The van der Waals surface area contributed by atoms with Crippen LogP contribution in [0.3, 0.4) is 0 Å². The van der Waals surface area contributed by atoms with Gasteiger partial charge in [0.25, 0.3) is 0 Å². The highest BCUT2D eigenvalue weighted by atomic mass is 32.2. The third-order valence-electron chi connectivity index (χ3n) is 3.79. The van der Waals surface area contributed by atoms with Crippen LogP contribution in [-0.4, -0.2) is 52.7 Å². The number of carboxylic acid groups (broad SMARTS) is 1. The van der Waals surface area contributed by atoms with Crippen LogP contribution in [0.25, 0.3) is 0 Å². The van der Waals surface area contributed by atoms with Gasteiger partial charge in [-0.2, -0.15) is 0 Å². The highest BCUT2D eigenvalue weighted by Crippen LogP contribution is 2.24. The Morgan fingerprint density at radius 1 is 1.48 bits per heavy atom. The number of aliphatic carboxylic acids is 1. The summed E-state index contributed by atoms with van der Waals surface area (Å²) in [5, 5.41) is 19.0. The van der Waals surface area contributed by atoms with E-state index in [1.165, 1.54) is 4.90 Å². The summed E-state index contributed by atoms with van der Waals surface area (Å²) in [7, 11) is 0. The van der Waals surface area contributed by atoms with Crippen LogP contribution in [-0.2, 0) is 9.59 Å². The molecule has 1 amide bonds. The van der Waals surface area contributed by atoms with Crippen molar-refractivity contribution in [2.45, 2.75) is 38.1 Å². The maximum atomic E-state index is 12.7. The molecule has 1 heterocycles. The lowest BCUT2D eigenvalue weighted by atomic mass is 9.97. The number of nitrogens with zero attached hydrogens (tertiary/aromatic N) is 2. The molecule has 23 heavy (non-hydrogen) atoms. The van der Waals surface area contributed by atoms with E-state index in [1.807, 2.05) is 0 Å². The zero-order chi connectivity index (χ0) is 17.2. The number of carbonyl (C=O) groups excluding carboxylic acids is 1. The van der Waals surface area contributed by atoms with E-state index in [9.17, 15) is 19.6 Å². The first-order chi connectivity index (χ1) is 11.0. The third kappa shape index (κ3) is 6.43. The van der Waals surface area contributed by atoms with E-state index in [0.717, 1.165) is 24.8 Å². The molecule has 130 valence electrons. The number of piperidine rings is 1. The lowest BCUT2D eigenvalue weighted by Gasteiger charge is -2.35. The average molecular weight is 345 g/mol. The highest BCUT2D eigenvalue weighted by Gasteiger charge is 2.35. The number of guanidine groups is 1. The van der Waals surface area contributed by atoms with E-state index >= 15 is 0 Å². The molecular weight excluding hydrogens is 322 g/mol. The summed E-state index contributed by atoms with van der Waals surface area (Å²) < 4.78 is 2.72. The molecule has 0 aromatic rings. The minimum absolute atomic E-state index is 0.140. The number of carboxylic acids is 1. The van der Waals surface area contributed by atoms with Crippen molar-refractivity contribution in [2.75, 3.05) is 18.8 Å². The maximum Gasteiger partial charge on any atom is 0.326 e. The summed E-state index contributed by atoms with van der Waals surface area (Å²) in [5.74, 6) is -1.61. The van der Waals surface area contributed by atoms with Gasteiger partial charge in [0.1, 0.15) is 6.04 Å². The number of amides is 1. The second-order valence-corrected chi connectivity index (χ2v) is 6.17. The van der Waals surface area contributed by atoms with Gasteiger partial charge in [-0.1, -0.05) is 0 Å². The normalized spacial score (nSPS) is 19.0. The quantitative estimate of drug-likeness (QED) is 0.158. The fourth-order valence-electron chi connectivity index (χ4n) is 2.66. The van der Waals surface area contributed by atoms with Gasteiger partial charge in [-0.05, 0) is 32.1 Å². The monoisotopic (exact) mass is 345 g/mol.